The number of aromatic nitrogens is 2. The van der Waals surface area contributed by atoms with Crippen molar-refractivity contribution in [2.75, 3.05) is 5.32 Å². The number of nitrogens with one attached hydrogen (secondary N) is 1. The van der Waals surface area contributed by atoms with Gasteiger partial charge in [-0.15, -0.1) is 0 Å². The fourth-order valence-corrected chi connectivity index (χ4v) is 2.36. The second-order valence-corrected chi connectivity index (χ2v) is 5.83. The smallest absolute Gasteiger partial charge is 0.142 e. The van der Waals surface area contributed by atoms with E-state index in [0.29, 0.717) is 16.5 Å². The number of fused-ring (bicyclic) bond motifs is 1. The third-order valence-electron chi connectivity index (χ3n) is 3.35. The Balaban J connectivity index is 2.14. The molecule has 3 rings (SSSR count). The molecule has 4 nitrogen and oxygen atoms in total. The Hall–Kier alpha value is -2.33. The van der Waals surface area contributed by atoms with E-state index < -0.39 is 0 Å². The van der Waals surface area contributed by atoms with Crippen LogP contribution in [0.15, 0.2) is 42.5 Å². The molecule has 22 heavy (non-hydrogen) atoms. The lowest BCUT2D eigenvalue weighted by Gasteiger charge is -2.13. The fraction of sp³-hybridized carbons (Fsp3) is 0.176. The van der Waals surface area contributed by atoms with Gasteiger partial charge in [-0.3, -0.25) is 0 Å². The molecular weight excluding hydrogens is 298 g/mol. The molecule has 0 aliphatic carbocycles. The maximum absolute atomic E-state index is 9.98. The zero-order chi connectivity index (χ0) is 15.7. The fourth-order valence-electron chi connectivity index (χ4n) is 2.18. The van der Waals surface area contributed by atoms with Gasteiger partial charge in [0.25, 0.3) is 0 Å². The third kappa shape index (κ3) is 2.83. The number of benzene rings is 2. The van der Waals surface area contributed by atoms with E-state index in [4.69, 9.17) is 11.6 Å². The molecule has 0 aliphatic rings. The van der Waals surface area contributed by atoms with Gasteiger partial charge in [0.15, 0.2) is 0 Å². The molecule has 0 bridgehead atoms. The summed E-state index contributed by atoms with van der Waals surface area (Å²) in [4.78, 5) is 9.17. The maximum Gasteiger partial charge on any atom is 0.142 e. The van der Waals surface area contributed by atoms with Crippen molar-refractivity contribution in [2.24, 2.45) is 0 Å². The van der Waals surface area contributed by atoms with E-state index in [-0.39, 0.29) is 11.7 Å². The van der Waals surface area contributed by atoms with E-state index in [1.165, 1.54) is 0 Å². The molecule has 0 spiro atoms. The molecule has 0 aliphatic heterocycles. The van der Waals surface area contributed by atoms with E-state index in [0.717, 1.165) is 16.7 Å². The number of hydrogen-bond acceptors (Lipinski definition) is 4. The molecule has 1 aromatic heterocycles. The molecule has 0 atom stereocenters. The van der Waals surface area contributed by atoms with Gasteiger partial charge in [0.2, 0.25) is 0 Å². The number of para-hydroxylation sites is 1. The van der Waals surface area contributed by atoms with Crippen molar-refractivity contribution in [3.05, 3.63) is 53.3 Å². The lowest BCUT2D eigenvalue weighted by Crippen LogP contribution is -2.03. The molecule has 112 valence electrons. The topological polar surface area (TPSA) is 58.0 Å². The average Bonchev–Trinajstić information content (AvgIpc) is 2.50. The molecular formula is C17H16ClN3O. The van der Waals surface area contributed by atoms with Crippen molar-refractivity contribution in [2.45, 2.75) is 19.8 Å². The largest absolute Gasteiger partial charge is 0.506 e. The van der Waals surface area contributed by atoms with Crippen molar-refractivity contribution in [3.8, 4) is 5.75 Å². The van der Waals surface area contributed by atoms with Gasteiger partial charge in [0.05, 0.1) is 11.2 Å². The first-order chi connectivity index (χ1) is 10.5. The summed E-state index contributed by atoms with van der Waals surface area (Å²) in [5.74, 6) is 1.74. The molecule has 3 aromatic rings. The van der Waals surface area contributed by atoms with Crippen molar-refractivity contribution < 1.29 is 5.11 Å². The average molecular weight is 314 g/mol. The highest BCUT2D eigenvalue weighted by atomic mass is 35.5. The first kappa shape index (κ1) is 14.6. The molecule has 2 N–H and O–H groups in total. The van der Waals surface area contributed by atoms with Gasteiger partial charge in [-0.05, 0) is 30.3 Å². The predicted molar refractivity (Wildman–Crippen MR) is 90.0 cm³/mol. The van der Waals surface area contributed by atoms with Crippen LogP contribution in [0.1, 0.15) is 25.6 Å². The van der Waals surface area contributed by atoms with Crippen LogP contribution in [0.3, 0.4) is 0 Å². The maximum atomic E-state index is 9.98. The monoisotopic (exact) mass is 313 g/mol. The van der Waals surface area contributed by atoms with Crippen LogP contribution in [0.2, 0.25) is 5.02 Å². The van der Waals surface area contributed by atoms with E-state index in [1.54, 1.807) is 18.2 Å². The summed E-state index contributed by atoms with van der Waals surface area (Å²) >= 11 is 6.00. The molecule has 2 aromatic carbocycles. The Morgan fingerprint density at radius 3 is 2.64 bits per heavy atom. The Kier molecular flexibility index (Phi) is 3.86. The van der Waals surface area contributed by atoms with Crippen LogP contribution in [0.4, 0.5) is 11.5 Å². The number of hydrogen-bond donors (Lipinski definition) is 2. The first-order valence-corrected chi connectivity index (χ1v) is 7.44. The van der Waals surface area contributed by atoms with E-state index in [1.807, 2.05) is 38.1 Å². The molecule has 0 amide bonds. The van der Waals surface area contributed by atoms with Crippen LogP contribution in [0, 0.1) is 0 Å². The van der Waals surface area contributed by atoms with Gasteiger partial charge >= 0.3 is 0 Å². The SMILES string of the molecule is CC(C)c1nc(Nc2cc(Cl)ccc2O)c2ccccc2n1. The van der Waals surface area contributed by atoms with Gasteiger partial charge < -0.3 is 10.4 Å². The number of aromatic hydroxyl groups is 1. The molecule has 0 saturated carbocycles. The van der Waals surface area contributed by atoms with Gasteiger partial charge in [-0.2, -0.15) is 0 Å². The van der Waals surface area contributed by atoms with Gasteiger partial charge in [-0.1, -0.05) is 37.6 Å². The minimum absolute atomic E-state index is 0.123. The molecule has 0 fully saturated rings. The van der Waals surface area contributed by atoms with Crippen molar-refractivity contribution in [1.29, 1.82) is 0 Å². The Morgan fingerprint density at radius 1 is 1.09 bits per heavy atom. The quantitative estimate of drug-likeness (QED) is 0.678. The van der Waals surface area contributed by atoms with Gasteiger partial charge in [-0.25, -0.2) is 9.97 Å². The number of nitrogens with zero attached hydrogens (tertiary/aromatic N) is 2. The zero-order valence-electron chi connectivity index (χ0n) is 12.3. The third-order valence-corrected chi connectivity index (χ3v) is 3.58. The summed E-state index contributed by atoms with van der Waals surface area (Å²) < 4.78 is 0. The summed E-state index contributed by atoms with van der Waals surface area (Å²) in [5, 5.41) is 14.6. The number of rotatable bonds is 3. The van der Waals surface area contributed by atoms with Crippen molar-refractivity contribution in [3.63, 3.8) is 0 Å². The second-order valence-electron chi connectivity index (χ2n) is 5.39. The summed E-state index contributed by atoms with van der Waals surface area (Å²) in [6, 6.07) is 12.6. The number of phenols is 1. The van der Waals surface area contributed by atoms with Crippen LogP contribution < -0.4 is 5.32 Å². The minimum atomic E-state index is 0.123. The van der Waals surface area contributed by atoms with E-state index in [2.05, 4.69) is 15.3 Å². The van der Waals surface area contributed by atoms with Gasteiger partial charge in [0.1, 0.15) is 17.4 Å². The van der Waals surface area contributed by atoms with Crippen molar-refractivity contribution in [1.82, 2.24) is 9.97 Å². The first-order valence-electron chi connectivity index (χ1n) is 7.07. The standard InChI is InChI=1S/C17H16ClN3O/c1-10(2)16-19-13-6-4-3-5-12(13)17(21-16)20-14-9-11(18)7-8-15(14)22/h3-10,22H,1-2H3,(H,19,20,21). The highest BCUT2D eigenvalue weighted by molar-refractivity contribution is 6.31. The van der Waals surface area contributed by atoms with Crippen LogP contribution in [-0.2, 0) is 0 Å². The predicted octanol–water partition coefficient (Wildman–Crippen LogP) is 4.86. The normalized spacial score (nSPS) is 11.1. The molecule has 1 heterocycles. The van der Waals surface area contributed by atoms with E-state index in [9.17, 15) is 5.11 Å². The Morgan fingerprint density at radius 2 is 1.86 bits per heavy atom. The highest BCUT2D eigenvalue weighted by Gasteiger charge is 2.12. The lowest BCUT2D eigenvalue weighted by molar-refractivity contribution is 0.477. The summed E-state index contributed by atoms with van der Waals surface area (Å²) in [6.07, 6.45) is 0. The molecule has 0 saturated heterocycles. The molecule has 0 radical (unpaired) electrons. The van der Waals surface area contributed by atoms with Crippen LogP contribution >= 0.6 is 11.6 Å². The number of phenolic OH excluding ortho intramolecular Hbond substituents is 1. The van der Waals surface area contributed by atoms with Gasteiger partial charge in [0, 0.05) is 16.3 Å². The lowest BCUT2D eigenvalue weighted by atomic mass is 10.1. The zero-order valence-corrected chi connectivity index (χ0v) is 13.1. The molecule has 0 unspecified atom stereocenters. The van der Waals surface area contributed by atoms with Crippen LogP contribution in [0.5, 0.6) is 5.75 Å². The summed E-state index contributed by atoms with van der Waals surface area (Å²) in [6.45, 7) is 4.09. The summed E-state index contributed by atoms with van der Waals surface area (Å²) in [5.41, 5.74) is 1.39. The minimum Gasteiger partial charge on any atom is -0.506 e. The van der Waals surface area contributed by atoms with Crippen LogP contribution in [-0.4, -0.2) is 15.1 Å². The number of anilines is 2. The van der Waals surface area contributed by atoms with E-state index >= 15 is 0 Å². The second kappa shape index (κ2) is 5.81. The Bertz CT molecular complexity index is 833. The Labute approximate surface area is 133 Å². The highest BCUT2D eigenvalue weighted by Crippen LogP contribution is 2.32. The summed E-state index contributed by atoms with van der Waals surface area (Å²) in [7, 11) is 0. The van der Waals surface area contributed by atoms with Crippen molar-refractivity contribution >= 4 is 34.0 Å². The number of halogens is 1. The molecule has 5 heteroatoms. The van der Waals surface area contributed by atoms with Crippen LogP contribution in [0.25, 0.3) is 10.9 Å².